The van der Waals surface area contributed by atoms with E-state index in [0.29, 0.717) is 16.7 Å². The second kappa shape index (κ2) is 9.22. The number of alkyl halides is 4. The summed E-state index contributed by atoms with van der Waals surface area (Å²) in [4.78, 5) is 12.5. The van der Waals surface area contributed by atoms with Crippen molar-refractivity contribution in [3.63, 3.8) is 0 Å². The molecule has 1 aliphatic carbocycles. The van der Waals surface area contributed by atoms with Gasteiger partial charge in [0.25, 0.3) is 18.8 Å². The van der Waals surface area contributed by atoms with E-state index < -0.39 is 42.4 Å². The Hall–Kier alpha value is -2.18. The van der Waals surface area contributed by atoms with Crippen LogP contribution in [0.15, 0.2) is 34.5 Å². The van der Waals surface area contributed by atoms with Gasteiger partial charge in [0.1, 0.15) is 11.5 Å². The first-order chi connectivity index (χ1) is 15.7. The fraction of sp³-hybridized carbons (Fsp3) is 0.500. The normalized spacial score (nSPS) is 24.6. The SMILES string of the molecule is CCn1c(SCC(=O)N2N=C(C(F)F)C[C@]2(O)C(F)F)nnc1[C@H]1C[C@H]1c1ccc(Cl)cc1. The second-order valence-corrected chi connectivity index (χ2v) is 9.21. The van der Waals surface area contributed by atoms with E-state index in [1.807, 2.05) is 35.8 Å². The monoisotopic (exact) mass is 505 g/mol. The van der Waals surface area contributed by atoms with Crippen LogP contribution in [-0.2, 0) is 11.3 Å². The van der Waals surface area contributed by atoms with Crippen molar-refractivity contribution in [2.24, 2.45) is 5.10 Å². The van der Waals surface area contributed by atoms with Crippen LogP contribution in [-0.4, -0.2) is 60.8 Å². The molecule has 1 amide bonds. The van der Waals surface area contributed by atoms with Gasteiger partial charge in [-0.25, -0.2) is 17.6 Å². The number of halogens is 5. The second-order valence-electron chi connectivity index (χ2n) is 7.83. The Kier molecular flexibility index (Phi) is 6.70. The molecular weight excluding hydrogens is 486 g/mol. The summed E-state index contributed by atoms with van der Waals surface area (Å²) < 4.78 is 54.4. The highest BCUT2D eigenvalue weighted by atomic mass is 35.5. The van der Waals surface area contributed by atoms with Crippen molar-refractivity contribution in [3.05, 3.63) is 40.7 Å². The van der Waals surface area contributed by atoms with Crippen LogP contribution in [0.4, 0.5) is 17.6 Å². The van der Waals surface area contributed by atoms with Crippen LogP contribution in [0.25, 0.3) is 0 Å². The first kappa shape index (κ1) is 24.0. The number of benzene rings is 1. The molecular formula is C20H20ClF4N5O2S. The molecule has 0 saturated heterocycles. The molecule has 2 aliphatic rings. The van der Waals surface area contributed by atoms with E-state index in [4.69, 9.17) is 11.6 Å². The van der Waals surface area contributed by atoms with E-state index in [1.54, 1.807) is 0 Å². The van der Waals surface area contributed by atoms with E-state index in [9.17, 15) is 27.5 Å². The zero-order chi connectivity index (χ0) is 23.9. The van der Waals surface area contributed by atoms with Gasteiger partial charge in [-0.2, -0.15) is 10.1 Å². The van der Waals surface area contributed by atoms with Gasteiger partial charge in [-0.15, -0.1) is 10.2 Å². The molecule has 0 unspecified atom stereocenters. The van der Waals surface area contributed by atoms with Crippen molar-refractivity contribution in [1.82, 2.24) is 19.8 Å². The quantitative estimate of drug-likeness (QED) is 0.431. The zero-order valence-corrected chi connectivity index (χ0v) is 18.9. The van der Waals surface area contributed by atoms with Gasteiger partial charge in [-0.05, 0) is 37.0 Å². The molecule has 178 valence electrons. The predicted molar refractivity (Wildman–Crippen MR) is 114 cm³/mol. The topological polar surface area (TPSA) is 83.6 Å². The van der Waals surface area contributed by atoms with E-state index in [0.717, 1.165) is 29.6 Å². The lowest BCUT2D eigenvalue weighted by atomic mass is 10.1. The maximum absolute atomic E-state index is 13.3. The minimum absolute atomic E-state index is 0.0666. The molecule has 1 fully saturated rings. The summed E-state index contributed by atoms with van der Waals surface area (Å²) in [5.41, 5.74) is -2.92. The van der Waals surface area contributed by atoms with E-state index >= 15 is 0 Å². The van der Waals surface area contributed by atoms with Gasteiger partial charge in [-0.3, -0.25) is 4.79 Å². The van der Waals surface area contributed by atoms with Gasteiger partial charge in [0.15, 0.2) is 5.16 Å². The summed E-state index contributed by atoms with van der Waals surface area (Å²) in [6.45, 7) is 2.40. The molecule has 1 N–H and O–H groups in total. The lowest BCUT2D eigenvalue weighted by Crippen LogP contribution is -2.52. The number of thioether (sulfide) groups is 1. The number of carbonyl (C=O) groups excluding carboxylic acids is 1. The first-order valence-corrected chi connectivity index (χ1v) is 11.5. The van der Waals surface area contributed by atoms with Crippen LogP contribution in [0.3, 0.4) is 0 Å². The number of hydrogen-bond donors (Lipinski definition) is 1. The smallest absolute Gasteiger partial charge is 0.287 e. The Morgan fingerprint density at radius 3 is 2.55 bits per heavy atom. The Balaban J connectivity index is 1.45. The fourth-order valence-electron chi connectivity index (χ4n) is 3.88. The van der Waals surface area contributed by atoms with E-state index in [1.165, 1.54) is 0 Å². The number of hydrogen-bond acceptors (Lipinski definition) is 6. The average Bonchev–Trinajstić information content (AvgIpc) is 3.31. The minimum Gasteiger partial charge on any atom is -0.364 e. The minimum atomic E-state index is -3.46. The van der Waals surface area contributed by atoms with Gasteiger partial charge in [0, 0.05) is 23.9 Å². The molecule has 1 aliphatic heterocycles. The summed E-state index contributed by atoms with van der Waals surface area (Å²) in [5.74, 6) is -0.307. The van der Waals surface area contributed by atoms with Crippen molar-refractivity contribution >= 4 is 35.0 Å². The number of aliphatic hydroxyl groups is 1. The standard InChI is InChI=1S/C20H20ClF4N5O2S/c1-2-29-17(13-7-12(13)10-3-5-11(21)6-4-10)26-27-19(29)33-9-15(31)30-20(32,18(24)25)8-14(28-30)16(22)23/h3-6,12-13,16,18,32H,2,7-9H2,1H3/t12-,13-,20-/m0/s1. The van der Waals surface area contributed by atoms with Crippen LogP contribution < -0.4 is 0 Å². The summed E-state index contributed by atoms with van der Waals surface area (Å²) in [6, 6.07) is 7.57. The molecule has 2 aromatic rings. The maximum Gasteiger partial charge on any atom is 0.287 e. The van der Waals surface area contributed by atoms with Crippen molar-refractivity contribution in [3.8, 4) is 0 Å². The summed E-state index contributed by atoms with van der Waals surface area (Å²) in [6.07, 6.45) is -6.85. The number of carbonyl (C=O) groups is 1. The summed E-state index contributed by atoms with van der Waals surface area (Å²) in [5, 5.41) is 22.9. The van der Waals surface area contributed by atoms with E-state index in [-0.39, 0.29) is 16.8 Å². The Morgan fingerprint density at radius 2 is 1.94 bits per heavy atom. The lowest BCUT2D eigenvalue weighted by Gasteiger charge is -2.29. The number of nitrogens with zero attached hydrogens (tertiary/aromatic N) is 5. The van der Waals surface area contributed by atoms with Gasteiger partial charge < -0.3 is 9.67 Å². The highest BCUT2D eigenvalue weighted by Crippen LogP contribution is 2.54. The van der Waals surface area contributed by atoms with E-state index in [2.05, 4.69) is 15.3 Å². The fourth-order valence-corrected chi connectivity index (χ4v) is 4.86. The Bertz CT molecular complexity index is 1070. The molecule has 0 radical (unpaired) electrons. The average molecular weight is 506 g/mol. The van der Waals surface area contributed by atoms with Crippen LogP contribution >= 0.6 is 23.4 Å². The third-order valence-electron chi connectivity index (χ3n) is 5.68. The number of hydrazone groups is 1. The molecule has 3 atom stereocenters. The molecule has 4 rings (SSSR count). The molecule has 1 aromatic carbocycles. The van der Waals surface area contributed by atoms with Crippen molar-refractivity contribution in [1.29, 1.82) is 0 Å². The number of rotatable bonds is 8. The van der Waals surface area contributed by atoms with Gasteiger partial charge in [-0.1, -0.05) is 35.5 Å². The predicted octanol–water partition coefficient (Wildman–Crippen LogP) is 4.12. The van der Waals surface area contributed by atoms with Crippen molar-refractivity contribution in [2.45, 2.75) is 61.9 Å². The van der Waals surface area contributed by atoms with Crippen LogP contribution in [0.1, 0.15) is 43.0 Å². The van der Waals surface area contributed by atoms with Crippen LogP contribution in [0.2, 0.25) is 5.02 Å². The Morgan fingerprint density at radius 1 is 1.24 bits per heavy atom. The van der Waals surface area contributed by atoms with Crippen LogP contribution in [0.5, 0.6) is 0 Å². The van der Waals surface area contributed by atoms with Crippen LogP contribution in [0, 0.1) is 0 Å². The van der Waals surface area contributed by atoms with Crippen molar-refractivity contribution in [2.75, 3.05) is 5.75 Å². The summed E-state index contributed by atoms with van der Waals surface area (Å²) >= 11 is 6.87. The lowest BCUT2D eigenvalue weighted by molar-refractivity contribution is -0.190. The largest absolute Gasteiger partial charge is 0.364 e. The molecule has 7 nitrogen and oxygen atoms in total. The highest BCUT2D eigenvalue weighted by molar-refractivity contribution is 7.99. The highest BCUT2D eigenvalue weighted by Gasteiger charge is 2.53. The molecule has 1 saturated carbocycles. The molecule has 0 spiro atoms. The third kappa shape index (κ3) is 4.60. The van der Waals surface area contributed by atoms with Crippen molar-refractivity contribution < 1.29 is 27.5 Å². The van der Waals surface area contributed by atoms with Gasteiger partial charge >= 0.3 is 0 Å². The molecule has 0 bridgehead atoms. The number of amides is 1. The Labute approximate surface area is 195 Å². The molecule has 1 aromatic heterocycles. The first-order valence-electron chi connectivity index (χ1n) is 10.2. The molecule has 2 heterocycles. The summed E-state index contributed by atoms with van der Waals surface area (Å²) in [7, 11) is 0. The molecule has 33 heavy (non-hydrogen) atoms. The third-order valence-corrected chi connectivity index (χ3v) is 6.88. The molecule has 13 heteroatoms. The van der Waals surface area contributed by atoms with Gasteiger partial charge in [0.05, 0.1) is 5.75 Å². The van der Waals surface area contributed by atoms with Gasteiger partial charge in [0.2, 0.25) is 5.72 Å². The maximum atomic E-state index is 13.3. The number of aromatic nitrogens is 3. The zero-order valence-electron chi connectivity index (χ0n) is 17.3.